The maximum absolute atomic E-state index is 12.3. The molecule has 18 heavy (non-hydrogen) atoms. The van der Waals surface area contributed by atoms with Gasteiger partial charge in [0, 0.05) is 25.3 Å². The van der Waals surface area contributed by atoms with Crippen LogP contribution in [-0.2, 0) is 6.54 Å². The average molecular weight is 259 g/mol. The molecule has 102 valence electrons. The number of halogens is 2. The van der Waals surface area contributed by atoms with Gasteiger partial charge >= 0.3 is 6.61 Å². The van der Waals surface area contributed by atoms with Gasteiger partial charge in [-0.15, -0.1) is 0 Å². The smallest absolute Gasteiger partial charge is 0.387 e. The highest BCUT2D eigenvalue weighted by atomic mass is 19.3. The Morgan fingerprint density at radius 3 is 2.72 bits per heavy atom. The van der Waals surface area contributed by atoms with Crippen molar-refractivity contribution < 1.29 is 18.6 Å². The first kappa shape index (κ1) is 14.9. The lowest BCUT2D eigenvalue weighted by Gasteiger charge is -2.15. The third-order valence-electron chi connectivity index (χ3n) is 2.62. The van der Waals surface area contributed by atoms with Crippen molar-refractivity contribution in [3.05, 3.63) is 29.3 Å². The van der Waals surface area contributed by atoms with Crippen LogP contribution in [0.5, 0.6) is 5.75 Å². The highest BCUT2D eigenvalue weighted by Gasteiger charge is 2.12. The van der Waals surface area contributed by atoms with Crippen molar-refractivity contribution in [2.24, 2.45) is 5.92 Å². The summed E-state index contributed by atoms with van der Waals surface area (Å²) in [6.45, 7) is 1.98. The van der Waals surface area contributed by atoms with Crippen molar-refractivity contribution in [1.82, 2.24) is 5.32 Å². The van der Waals surface area contributed by atoms with Crippen LogP contribution in [0.15, 0.2) is 18.2 Å². The number of aliphatic hydroxyl groups is 1. The van der Waals surface area contributed by atoms with Crippen LogP contribution >= 0.6 is 0 Å². The van der Waals surface area contributed by atoms with Crippen LogP contribution in [0.3, 0.4) is 0 Å². The molecular formula is C13H19F2NO2. The number of hydrogen-bond acceptors (Lipinski definition) is 3. The molecule has 0 bridgehead atoms. The van der Waals surface area contributed by atoms with Gasteiger partial charge in [0.2, 0.25) is 0 Å². The van der Waals surface area contributed by atoms with E-state index in [0.29, 0.717) is 24.2 Å². The standard InChI is InChI=1S/C13H19F2NO2/c1-9(8-17)6-16-7-11-5-3-4-10(2)12(11)18-13(14)15/h3-5,9,13,16-17H,6-8H2,1-2H3. The van der Waals surface area contributed by atoms with Gasteiger partial charge in [0.15, 0.2) is 0 Å². The molecule has 5 heteroatoms. The highest BCUT2D eigenvalue weighted by molar-refractivity contribution is 5.40. The van der Waals surface area contributed by atoms with Gasteiger partial charge in [-0.25, -0.2) is 0 Å². The number of nitrogens with one attached hydrogen (secondary N) is 1. The van der Waals surface area contributed by atoms with Gasteiger partial charge in [0.1, 0.15) is 5.75 Å². The van der Waals surface area contributed by atoms with Crippen molar-refractivity contribution in [3.63, 3.8) is 0 Å². The first-order valence-corrected chi connectivity index (χ1v) is 5.89. The molecule has 0 aromatic heterocycles. The lowest BCUT2D eigenvalue weighted by atomic mass is 10.1. The summed E-state index contributed by atoms with van der Waals surface area (Å²) in [5.74, 6) is 0.367. The minimum absolute atomic E-state index is 0.0984. The maximum atomic E-state index is 12.3. The third kappa shape index (κ3) is 4.58. The van der Waals surface area contributed by atoms with E-state index in [9.17, 15) is 8.78 Å². The minimum atomic E-state index is -2.82. The lowest BCUT2D eigenvalue weighted by molar-refractivity contribution is -0.0509. The van der Waals surface area contributed by atoms with Gasteiger partial charge in [0.25, 0.3) is 0 Å². The molecule has 0 heterocycles. The van der Waals surface area contributed by atoms with E-state index in [4.69, 9.17) is 5.11 Å². The predicted octanol–water partition coefficient (Wildman–Crippen LogP) is 2.31. The highest BCUT2D eigenvalue weighted by Crippen LogP contribution is 2.25. The Labute approximate surface area is 106 Å². The Bertz CT molecular complexity index is 372. The zero-order valence-electron chi connectivity index (χ0n) is 10.6. The maximum Gasteiger partial charge on any atom is 0.387 e. The van der Waals surface area contributed by atoms with Gasteiger partial charge in [-0.2, -0.15) is 8.78 Å². The second kappa shape index (κ2) is 7.28. The Balaban J connectivity index is 2.66. The molecule has 3 nitrogen and oxygen atoms in total. The summed E-state index contributed by atoms with van der Waals surface area (Å²) in [6, 6.07) is 5.29. The molecule has 0 saturated carbocycles. The van der Waals surface area contributed by atoms with Crippen molar-refractivity contribution in [1.29, 1.82) is 0 Å². The molecule has 1 aromatic rings. The molecule has 1 atom stereocenters. The van der Waals surface area contributed by atoms with E-state index >= 15 is 0 Å². The van der Waals surface area contributed by atoms with Gasteiger partial charge in [-0.05, 0) is 18.4 Å². The van der Waals surface area contributed by atoms with Crippen molar-refractivity contribution in [3.8, 4) is 5.75 Å². The van der Waals surface area contributed by atoms with E-state index in [1.807, 2.05) is 6.92 Å². The van der Waals surface area contributed by atoms with E-state index in [0.717, 1.165) is 0 Å². The first-order chi connectivity index (χ1) is 8.54. The lowest BCUT2D eigenvalue weighted by Crippen LogP contribution is -2.23. The fourth-order valence-corrected chi connectivity index (χ4v) is 1.63. The quantitative estimate of drug-likeness (QED) is 0.789. The molecule has 1 rings (SSSR count). The number of rotatable bonds is 7. The molecule has 0 aliphatic rings. The molecule has 1 aromatic carbocycles. The van der Waals surface area contributed by atoms with Crippen LogP contribution in [0.4, 0.5) is 8.78 Å². The fraction of sp³-hybridized carbons (Fsp3) is 0.538. The van der Waals surface area contributed by atoms with Gasteiger partial charge < -0.3 is 15.2 Å². The summed E-state index contributed by atoms with van der Waals surface area (Å²) in [5.41, 5.74) is 1.38. The molecule has 2 N–H and O–H groups in total. The third-order valence-corrected chi connectivity index (χ3v) is 2.62. The molecule has 0 fully saturated rings. The van der Waals surface area contributed by atoms with Crippen LogP contribution in [0.2, 0.25) is 0 Å². The van der Waals surface area contributed by atoms with Crippen LogP contribution in [0.1, 0.15) is 18.1 Å². The Hall–Kier alpha value is -1.20. The van der Waals surface area contributed by atoms with Gasteiger partial charge in [-0.1, -0.05) is 25.1 Å². The molecule has 1 unspecified atom stereocenters. The number of ether oxygens (including phenoxy) is 1. The van der Waals surface area contributed by atoms with E-state index in [2.05, 4.69) is 10.1 Å². The Morgan fingerprint density at radius 2 is 2.11 bits per heavy atom. The van der Waals surface area contributed by atoms with E-state index in [-0.39, 0.29) is 18.3 Å². The van der Waals surface area contributed by atoms with Crippen molar-refractivity contribution >= 4 is 0 Å². The summed E-state index contributed by atoms with van der Waals surface area (Å²) in [6.07, 6.45) is 0. The van der Waals surface area contributed by atoms with Gasteiger partial charge in [-0.3, -0.25) is 0 Å². The molecule has 0 aliphatic heterocycles. The summed E-state index contributed by atoms with van der Waals surface area (Å²) in [7, 11) is 0. The van der Waals surface area contributed by atoms with Crippen molar-refractivity contribution in [2.75, 3.05) is 13.2 Å². The fourth-order valence-electron chi connectivity index (χ4n) is 1.63. The van der Waals surface area contributed by atoms with E-state index in [1.54, 1.807) is 25.1 Å². The predicted molar refractivity (Wildman–Crippen MR) is 65.8 cm³/mol. The number of benzene rings is 1. The van der Waals surface area contributed by atoms with Gasteiger partial charge in [0.05, 0.1) is 0 Å². The number of aliphatic hydroxyl groups excluding tert-OH is 1. The van der Waals surface area contributed by atoms with Crippen molar-refractivity contribution in [2.45, 2.75) is 27.0 Å². The summed E-state index contributed by atoms with van der Waals surface area (Å²) in [5, 5.41) is 12.0. The Morgan fingerprint density at radius 1 is 1.39 bits per heavy atom. The number of alkyl halides is 2. The monoisotopic (exact) mass is 259 g/mol. The minimum Gasteiger partial charge on any atom is -0.434 e. The van der Waals surface area contributed by atoms with Crippen LogP contribution in [-0.4, -0.2) is 24.9 Å². The summed E-state index contributed by atoms with van der Waals surface area (Å²) in [4.78, 5) is 0. The molecule has 0 radical (unpaired) electrons. The van der Waals surface area contributed by atoms with E-state index < -0.39 is 6.61 Å². The normalized spacial score (nSPS) is 12.8. The van der Waals surface area contributed by atoms with Crippen LogP contribution in [0.25, 0.3) is 0 Å². The van der Waals surface area contributed by atoms with Crippen LogP contribution < -0.4 is 10.1 Å². The second-order valence-electron chi connectivity index (χ2n) is 4.36. The molecule has 0 aliphatic carbocycles. The number of para-hydroxylation sites is 1. The summed E-state index contributed by atoms with van der Waals surface area (Å²) < 4.78 is 29.2. The molecular weight excluding hydrogens is 240 g/mol. The number of hydrogen-bond donors (Lipinski definition) is 2. The average Bonchev–Trinajstić information content (AvgIpc) is 2.32. The molecule has 0 amide bonds. The number of aryl methyl sites for hydroxylation is 1. The summed E-state index contributed by atoms with van der Waals surface area (Å²) >= 11 is 0. The molecule has 0 spiro atoms. The van der Waals surface area contributed by atoms with E-state index in [1.165, 1.54) is 0 Å². The Kier molecular flexibility index (Phi) is 6.01. The zero-order chi connectivity index (χ0) is 13.5. The van der Waals surface area contributed by atoms with Crippen LogP contribution in [0, 0.1) is 12.8 Å². The largest absolute Gasteiger partial charge is 0.434 e. The molecule has 0 saturated heterocycles. The SMILES string of the molecule is Cc1cccc(CNCC(C)CO)c1OC(F)F. The zero-order valence-corrected chi connectivity index (χ0v) is 10.6. The first-order valence-electron chi connectivity index (χ1n) is 5.89. The second-order valence-corrected chi connectivity index (χ2v) is 4.36. The topological polar surface area (TPSA) is 41.5 Å².